The molecule has 0 radical (unpaired) electrons. The third kappa shape index (κ3) is 17.8. The van der Waals surface area contributed by atoms with Crippen molar-refractivity contribution in [3.8, 4) is 0 Å². The van der Waals surface area contributed by atoms with Crippen LogP contribution in [0, 0.1) is 0 Å². The first-order valence-corrected chi connectivity index (χ1v) is 5.32. The van der Waals surface area contributed by atoms with Crippen LogP contribution in [-0.2, 0) is 0 Å². The van der Waals surface area contributed by atoms with Crippen LogP contribution in [0.3, 0.4) is 0 Å². The molecular weight excluding hydrogens is 180 g/mol. The van der Waals surface area contributed by atoms with E-state index in [4.69, 9.17) is 5.73 Å². The SMILES string of the molecule is CCCCNCCCCCCN.O.O. The zero-order valence-corrected chi connectivity index (χ0v) is 9.44. The molecule has 0 aliphatic carbocycles. The normalized spacial score (nSPS) is 9.00. The van der Waals surface area contributed by atoms with Gasteiger partial charge in [-0.05, 0) is 38.9 Å². The molecule has 0 aromatic heterocycles. The number of rotatable bonds is 9. The summed E-state index contributed by atoms with van der Waals surface area (Å²) in [6.45, 7) is 5.45. The lowest BCUT2D eigenvalue weighted by atomic mass is 10.2. The van der Waals surface area contributed by atoms with Crippen molar-refractivity contribution in [3.05, 3.63) is 0 Å². The lowest BCUT2D eigenvalue weighted by molar-refractivity contribution is 0.577. The molecular formula is C10H28N2O2. The molecule has 0 aromatic carbocycles. The summed E-state index contributed by atoms with van der Waals surface area (Å²) in [4.78, 5) is 0. The zero-order chi connectivity index (χ0) is 9.07. The molecule has 0 spiro atoms. The Balaban J connectivity index is -0.000000605. The fraction of sp³-hybridized carbons (Fsp3) is 1.00. The van der Waals surface area contributed by atoms with E-state index in [1.54, 1.807) is 0 Å². The summed E-state index contributed by atoms with van der Waals surface area (Å²) >= 11 is 0. The second-order valence-electron chi connectivity index (χ2n) is 3.31. The van der Waals surface area contributed by atoms with Gasteiger partial charge < -0.3 is 22.0 Å². The van der Waals surface area contributed by atoms with Gasteiger partial charge in [0.25, 0.3) is 0 Å². The van der Waals surface area contributed by atoms with E-state index in [2.05, 4.69) is 12.2 Å². The van der Waals surface area contributed by atoms with E-state index < -0.39 is 0 Å². The molecule has 0 aliphatic rings. The highest BCUT2D eigenvalue weighted by molar-refractivity contribution is 4.49. The van der Waals surface area contributed by atoms with Gasteiger partial charge in [-0.15, -0.1) is 0 Å². The highest BCUT2D eigenvalue weighted by Crippen LogP contribution is 1.96. The summed E-state index contributed by atoms with van der Waals surface area (Å²) < 4.78 is 0. The van der Waals surface area contributed by atoms with Gasteiger partial charge in [0.1, 0.15) is 0 Å². The second-order valence-corrected chi connectivity index (χ2v) is 3.31. The Morgan fingerprint density at radius 3 is 2.00 bits per heavy atom. The molecule has 90 valence electrons. The monoisotopic (exact) mass is 208 g/mol. The molecule has 4 nitrogen and oxygen atoms in total. The third-order valence-corrected chi connectivity index (χ3v) is 2.01. The molecule has 0 amide bonds. The van der Waals surface area contributed by atoms with Gasteiger partial charge in [-0.1, -0.05) is 26.2 Å². The van der Waals surface area contributed by atoms with Crippen LogP contribution in [-0.4, -0.2) is 30.6 Å². The first-order valence-electron chi connectivity index (χ1n) is 5.32. The molecule has 7 N–H and O–H groups in total. The molecule has 0 rings (SSSR count). The van der Waals surface area contributed by atoms with Crippen LogP contribution in [0.5, 0.6) is 0 Å². The maximum absolute atomic E-state index is 5.39. The predicted molar refractivity (Wildman–Crippen MR) is 62.5 cm³/mol. The minimum atomic E-state index is 0. The van der Waals surface area contributed by atoms with Crippen molar-refractivity contribution in [3.63, 3.8) is 0 Å². The van der Waals surface area contributed by atoms with Gasteiger partial charge in [-0.25, -0.2) is 0 Å². The molecule has 0 bridgehead atoms. The highest BCUT2D eigenvalue weighted by atomic mass is 16.0. The molecule has 0 aliphatic heterocycles. The van der Waals surface area contributed by atoms with E-state index >= 15 is 0 Å². The van der Waals surface area contributed by atoms with E-state index in [1.165, 1.54) is 51.6 Å². The predicted octanol–water partition coefficient (Wildman–Crippen LogP) is 0.246. The molecule has 0 unspecified atom stereocenters. The molecule has 0 aromatic rings. The number of unbranched alkanes of at least 4 members (excludes halogenated alkanes) is 4. The second kappa shape index (κ2) is 18.6. The van der Waals surface area contributed by atoms with Crippen molar-refractivity contribution >= 4 is 0 Å². The Kier molecular flexibility index (Phi) is 25.8. The number of hydrogen-bond acceptors (Lipinski definition) is 2. The molecule has 0 atom stereocenters. The van der Waals surface area contributed by atoms with Crippen LogP contribution < -0.4 is 11.1 Å². The summed E-state index contributed by atoms with van der Waals surface area (Å²) in [6, 6.07) is 0. The van der Waals surface area contributed by atoms with Crippen LogP contribution in [0.15, 0.2) is 0 Å². The molecule has 0 saturated heterocycles. The van der Waals surface area contributed by atoms with Crippen LogP contribution in [0.25, 0.3) is 0 Å². The van der Waals surface area contributed by atoms with Crippen molar-refractivity contribution in [2.45, 2.75) is 45.4 Å². The van der Waals surface area contributed by atoms with Crippen molar-refractivity contribution in [1.82, 2.24) is 5.32 Å². The van der Waals surface area contributed by atoms with E-state index in [9.17, 15) is 0 Å². The minimum absolute atomic E-state index is 0. The fourth-order valence-electron chi connectivity index (χ4n) is 1.17. The molecule has 0 fully saturated rings. The van der Waals surface area contributed by atoms with Gasteiger partial charge in [-0.2, -0.15) is 0 Å². The maximum atomic E-state index is 5.39. The van der Waals surface area contributed by atoms with Crippen LogP contribution >= 0.6 is 0 Å². The summed E-state index contributed by atoms with van der Waals surface area (Å²) in [5, 5.41) is 3.43. The molecule has 0 saturated carbocycles. The van der Waals surface area contributed by atoms with Gasteiger partial charge in [0, 0.05) is 0 Å². The molecule has 14 heavy (non-hydrogen) atoms. The maximum Gasteiger partial charge on any atom is -0.00489 e. The number of nitrogens with two attached hydrogens (primary N) is 1. The first kappa shape index (κ1) is 19.4. The van der Waals surface area contributed by atoms with Gasteiger partial charge >= 0.3 is 0 Å². The summed E-state index contributed by atoms with van der Waals surface area (Å²) in [5.74, 6) is 0. The smallest absolute Gasteiger partial charge is 0.00489 e. The Hall–Kier alpha value is -0.160. The lowest BCUT2D eigenvalue weighted by Gasteiger charge is -2.02. The first-order chi connectivity index (χ1) is 5.91. The molecule has 4 heteroatoms. The van der Waals surface area contributed by atoms with E-state index in [1.807, 2.05) is 0 Å². The van der Waals surface area contributed by atoms with Crippen molar-refractivity contribution < 1.29 is 11.0 Å². The van der Waals surface area contributed by atoms with Gasteiger partial charge in [0.05, 0.1) is 0 Å². The van der Waals surface area contributed by atoms with Crippen molar-refractivity contribution in [2.75, 3.05) is 19.6 Å². The quantitative estimate of drug-likeness (QED) is 0.530. The highest BCUT2D eigenvalue weighted by Gasteiger charge is 1.88. The Labute approximate surface area is 87.9 Å². The van der Waals surface area contributed by atoms with E-state index in [-0.39, 0.29) is 11.0 Å². The number of nitrogens with one attached hydrogen (secondary N) is 1. The Bertz CT molecular complexity index is 72.5. The number of hydrogen-bond donors (Lipinski definition) is 2. The van der Waals surface area contributed by atoms with Gasteiger partial charge in [-0.3, -0.25) is 0 Å². The van der Waals surface area contributed by atoms with E-state index in [0.29, 0.717) is 0 Å². The fourth-order valence-corrected chi connectivity index (χ4v) is 1.17. The Morgan fingerprint density at radius 1 is 0.857 bits per heavy atom. The van der Waals surface area contributed by atoms with E-state index in [0.717, 1.165) is 6.54 Å². The lowest BCUT2D eigenvalue weighted by Crippen LogP contribution is -2.16. The summed E-state index contributed by atoms with van der Waals surface area (Å²) in [5.41, 5.74) is 5.39. The third-order valence-electron chi connectivity index (χ3n) is 2.01. The van der Waals surface area contributed by atoms with Crippen LogP contribution in [0.4, 0.5) is 0 Å². The van der Waals surface area contributed by atoms with Gasteiger partial charge in [0.2, 0.25) is 0 Å². The average molecular weight is 208 g/mol. The summed E-state index contributed by atoms with van der Waals surface area (Å²) in [6.07, 6.45) is 7.73. The van der Waals surface area contributed by atoms with Gasteiger partial charge in [0.15, 0.2) is 0 Å². The minimum Gasteiger partial charge on any atom is -0.412 e. The van der Waals surface area contributed by atoms with Crippen LogP contribution in [0.1, 0.15) is 45.4 Å². The van der Waals surface area contributed by atoms with Crippen molar-refractivity contribution in [1.29, 1.82) is 0 Å². The summed E-state index contributed by atoms with van der Waals surface area (Å²) in [7, 11) is 0. The van der Waals surface area contributed by atoms with Crippen LogP contribution in [0.2, 0.25) is 0 Å². The largest absolute Gasteiger partial charge is 0.412 e. The van der Waals surface area contributed by atoms with Crippen molar-refractivity contribution in [2.24, 2.45) is 5.73 Å². The zero-order valence-electron chi connectivity index (χ0n) is 9.44. The molecule has 0 heterocycles. The average Bonchev–Trinajstić information content (AvgIpc) is 2.10. The topological polar surface area (TPSA) is 101 Å². The Morgan fingerprint density at radius 2 is 1.43 bits per heavy atom. The standard InChI is InChI=1S/C10H24N2.2H2O/c1-2-3-9-12-10-7-5-4-6-8-11;;/h12H,2-11H2,1H3;2*1H2.